The molecule has 0 heterocycles. The first-order valence-corrected chi connectivity index (χ1v) is 10.8. The molecular formula is C27H26N2O6. The summed E-state index contributed by atoms with van der Waals surface area (Å²) < 4.78 is 17.2. The number of rotatable bonds is 12. The normalized spacial score (nSPS) is 11.7. The standard InChI is InChI=1S/C27H26N2O6/c1-32-26-14-19(17-34-23-11-9-20(10-12-23)22(16-28)15-27(30)31)8-13-25(26)35-18-24(29-33-2)21-6-4-3-5-7-21/h3-14,18,22,29H,15,17H2,1-2H3,(H,30,31). The predicted molar refractivity (Wildman–Crippen MR) is 130 cm³/mol. The second kappa shape index (κ2) is 12.7. The number of aliphatic carboxylic acids is 1. The van der Waals surface area contributed by atoms with Crippen LogP contribution in [-0.2, 0) is 16.2 Å². The highest BCUT2D eigenvalue weighted by Gasteiger charge is 2.15. The fourth-order valence-corrected chi connectivity index (χ4v) is 3.28. The fraction of sp³-hybridized carbons (Fsp3) is 0.185. The van der Waals surface area contributed by atoms with Crippen LogP contribution in [0.5, 0.6) is 17.2 Å². The summed E-state index contributed by atoms with van der Waals surface area (Å²) in [7, 11) is 3.08. The molecule has 0 bridgehead atoms. The zero-order valence-corrected chi connectivity index (χ0v) is 19.4. The molecule has 0 aliphatic heterocycles. The molecule has 8 heteroatoms. The Morgan fingerprint density at radius 3 is 2.43 bits per heavy atom. The van der Waals surface area contributed by atoms with E-state index in [0.29, 0.717) is 28.5 Å². The number of carbonyl (C=O) groups is 1. The summed E-state index contributed by atoms with van der Waals surface area (Å²) >= 11 is 0. The van der Waals surface area contributed by atoms with Crippen molar-refractivity contribution in [2.24, 2.45) is 0 Å². The number of hydrogen-bond donors (Lipinski definition) is 2. The Balaban J connectivity index is 1.66. The lowest BCUT2D eigenvalue weighted by Gasteiger charge is -2.13. The van der Waals surface area contributed by atoms with Crippen LogP contribution in [0, 0.1) is 11.3 Å². The minimum Gasteiger partial charge on any atom is -0.493 e. The Kier molecular flexibility index (Phi) is 9.11. The Bertz CT molecular complexity index is 1190. The van der Waals surface area contributed by atoms with Crippen LogP contribution in [0.2, 0.25) is 0 Å². The third-order valence-corrected chi connectivity index (χ3v) is 5.05. The van der Waals surface area contributed by atoms with Crippen molar-refractivity contribution in [2.75, 3.05) is 14.2 Å². The minimum atomic E-state index is -1.01. The van der Waals surface area contributed by atoms with E-state index in [4.69, 9.17) is 24.2 Å². The van der Waals surface area contributed by atoms with Crippen LogP contribution in [-0.4, -0.2) is 25.3 Å². The molecule has 2 N–H and O–H groups in total. The van der Waals surface area contributed by atoms with Crippen LogP contribution in [0.15, 0.2) is 79.1 Å². The summed E-state index contributed by atoms with van der Waals surface area (Å²) in [6, 6.07) is 24.0. The summed E-state index contributed by atoms with van der Waals surface area (Å²) in [4.78, 5) is 16.0. The van der Waals surface area contributed by atoms with Crippen molar-refractivity contribution in [3.63, 3.8) is 0 Å². The minimum absolute atomic E-state index is 0.242. The molecule has 8 nitrogen and oxygen atoms in total. The highest BCUT2D eigenvalue weighted by molar-refractivity contribution is 5.68. The first kappa shape index (κ1) is 25.1. The summed E-state index contributed by atoms with van der Waals surface area (Å²) in [5, 5.41) is 18.1. The van der Waals surface area contributed by atoms with Gasteiger partial charge in [-0.1, -0.05) is 48.5 Å². The molecular weight excluding hydrogens is 448 g/mol. The summed E-state index contributed by atoms with van der Waals surface area (Å²) in [5.41, 5.74) is 5.85. The van der Waals surface area contributed by atoms with Gasteiger partial charge in [0, 0.05) is 5.56 Å². The van der Waals surface area contributed by atoms with E-state index in [1.165, 1.54) is 7.11 Å². The Labute approximate surface area is 203 Å². The highest BCUT2D eigenvalue weighted by atomic mass is 16.6. The number of nitriles is 1. The summed E-state index contributed by atoms with van der Waals surface area (Å²) in [5.74, 6) is -0.0593. The lowest BCUT2D eigenvalue weighted by Crippen LogP contribution is -2.11. The average Bonchev–Trinajstić information content (AvgIpc) is 2.89. The molecule has 0 amide bonds. The van der Waals surface area contributed by atoms with Crippen LogP contribution >= 0.6 is 0 Å². The number of carboxylic acids is 1. The fourth-order valence-electron chi connectivity index (χ4n) is 3.28. The van der Waals surface area contributed by atoms with Crippen molar-refractivity contribution in [2.45, 2.75) is 18.9 Å². The number of hydroxylamine groups is 1. The summed E-state index contributed by atoms with van der Waals surface area (Å²) in [6.07, 6.45) is 1.31. The van der Waals surface area contributed by atoms with Crippen LogP contribution in [0.25, 0.3) is 5.70 Å². The number of carboxylic acid groups (broad SMARTS) is 1. The van der Waals surface area contributed by atoms with E-state index in [0.717, 1.165) is 11.1 Å². The van der Waals surface area contributed by atoms with Gasteiger partial charge in [0.25, 0.3) is 0 Å². The maximum Gasteiger partial charge on any atom is 0.305 e. The van der Waals surface area contributed by atoms with Gasteiger partial charge in [0.2, 0.25) is 0 Å². The van der Waals surface area contributed by atoms with Gasteiger partial charge in [-0.2, -0.15) is 5.26 Å². The molecule has 3 rings (SSSR count). The second-order valence-corrected chi connectivity index (χ2v) is 7.44. The molecule has 1 unspecified atom stereocenters. The monoisotopic (exact) mass is 474 g/mol. The molecule has 0 saturated heterocycles. The smallest absolute Gasteiger partial charge is 0.305 e. The van der Waals surface area contributed by atoms with Crippen molar-refractivity contribution in [1.82, 2.24) is 5.48 Å². The van der Waals surface area contributed by atoms with Crippen molar-refractivity contribution < 1.29 is 28.9 Å². The molecule has 0 radical (unpaired) electrons. The molecule has 0 saturated carbocycles. The van der Waals surface area contributed by atoms with Crippen LogP contribution in [0.4, 0.5) is 0 Å². The topological polar surface area (TPSA) is 110 Å². The highest BCUT2D eigenvalue weighted by Crippen LogP contribution is 2.30. The Morgan fingerprint density at radius 2 is 1.80 bits per heavy atom. The zero-order valence-electron chi connectivity index (χ0n) is 19.4. The lowest BCUT2D eigenvalue weighted by molar-refractivity contribution is -0.137. The molecule has 0 aliphatic rings. The van der Waals surface area contributed by atoms with Gasteiger partial charge >= 0.3 is 5.97 Å². The number of hydrogen-bond acceptors (Lipinski definition) is 7. The molecule has 35 heavy (non-hydrogen) atoms. The molecule has 0 fully saturated rings. The van der Waals surface area contributed by atoms with Crippen LogP contribution < -0.4 is 19.7 Å². The number of ether oxygens (including phenoxy) is 3. The Hall–Kier alpha value is -4.48. The molecule has 1 atom stereocenters. The maximum atomic E-state index is 10.9. The van der Waals surface area contributed by atoms with Crippen molar-refractivity contribution >= 4 is 11.7 Å². The van der Waals surface area contributed by atoms with E-state index < -0.39 is 11.9 Å². The average molecular weight is 475 g/mol. The van der Waals surface area contributed by atoms with Gasteiger partial charge in [0.1, 0.15) is 24.3 Å². The van der Waals surface area contributed by atoms with Gasteiger partial charge < -0.3 is 19.3 Å². The molecule has 3 aromatic rings. The number of nitrogens with one attached hydrogen (secondary N) is 1. The third-order valence-electron chi connectivity index (χ3n) is 5.05. The SMILES string of the molecule is CONC(=COc1ccc(COc2ccc(C(C#N)CC(=O)O)cc2)cc1OC)c1ccccc1. The Morgan fingerprint density at radius 1 is 1.06 bits per heavy atom. The van der Waals surface area contributed by atoms with E-state index in [2.05, 4.69) is 5.48 Å². The van der Waals surface area contributed by atoms with Crippen molar-refractivity contribution in [1.29, 1.82) is 5.26 Å². The van der Waals surface area contributed by atoms with E-state index in [9.17, 15) is 10.1 Å². The molecule has 180 valence electrons. The number of benzene rings is 3. The third kappa shape index (κ3) is 7.25. The predicted octanol–water partition coefficient (Wildman–Crippen LogP) is 4.88. The van der Waals surface area contributed by atoms with E-state index >= 15 is 0 Å². The van der Waals surface area contributed by atoms with Gasteiger partial charge in [0.15, 0.2) is 11.5 Å². The number of nitrogens with zero attached hydrogens (tertiary/aromatic N) is 1. The van der Waals surface area contributed by atoms with Gasteiger partial charge in [-0.05, 0) is 35.4 Å². The largest absolute Gasteiger partial charge is 0.493 e. The quantitative estimate of drug-likeness (QED) is 0.282. The maximum absolute atomic E-state index is 10.9. The van der Waals surface area contributed by atoms with Gasteiger partial charge in [-0.25, -0.2) is 0 Å². The second-order valence-electron chi connectivity index (χ2n) is 7.44. The van der Waals surface area contributed by atoms with E-state index in [-0.39, 0.29) is 13.0 Å². The van der Waals surface area contributed by atoms with Gasteiger partial charge in [-0.15, -0.1) is 0 Å². The zero-order chi connectivity index (χ0) is 25.0. The van der Waals surface area contributed by atoms with E-state index in [1.807, 2.05) is 48.5 Å². The molecule has 0 spiro atoms. The van der Waals surface area contributed by atoms with Crippen LogP contribution in [0.3, 0.4) is 0 Å². The molecule has 3 aromatic carbocycles. The van der Waals surface area contributed by atoms with Crippen molar-refractivity contribution in [3.8, 4) is 23.3 Å². The van der Waals surface area contributed by atoms with Crippen molar-refractivity contribution in [3.05, 3.63) is 95.7 Å². The molecule has 0 aromatic heterocycles. The van der Waals surface area contributed by atoms with Crippen LogP contribution in [0.1, 0.15) is 29.0 Å². The summed E-state index contributed by atoms with van der Waals surface area (Å²) in [6.45, 7) is 0.281. The molecule has 0 aliphatic carbocycles. The van der Waals surface area contributed by atoms with Gasteiger partial charge in [0.05, 0.1) is 32.6 Å². The first-order chi connectivity index (χ1) is 17.0. The first-order valence-electron chi connectivity index (χ1n) is 10.8. The lowest BCUT2D eigenvalue weighted by atomic mass is 9.97. The van der Waals surface area contributed by atoms with Gasteiger partial charge in [-0.3, -0.25) is 15.1 Å². The van der Waals surface area contributed by atoms with E-state index in [1.54, 1.807) is 43.7 Å². The number of methoxy groups -OCH3 is 1.